The molecule has 0 N–H and O–H groups in total. The molecule has 2 aromatic heterocycles. The highest BCUT2D eigenvalue weighted by Crippen LogP contribution is 2.22. The Labute approximate surface area is 165 Å². The maximum absolute atomic E-state index is 13.0. The monoisotopic (exact) mass is 387 g/mol. The first kappa shape index (κ1) is 20.0. The minimum absolute atomic E-state index is 0.0241. The van der Waals surface area contributed by atoms with Crippen LogP contribution in [0.4, 0.5) is 0 Å². The van der Waals surface area contributed by atoms with Gasteiger partial charge in [0.1, 0.15) is 6.54 Å². The van der Waals surface area contributed by atoms with Crippen LogP contribution in [0.15, 0.2) is 24.7 Å². The van der Waals surface area contributed by atoms with E-state index >= 15 is 0 Å². The fourth-order valence-electron chi connectivity index (χ4n) is 3.72. The Morgan fingerprint density at radius 3 is 2.75 bits per heavy atom. The van der Waals surface area contributed by atoms with Crippen LogP contribution < -0.4 is 0 Å². The lowest BCUT2D eigenvalue weighted by atomic mass is 9.99. The Bertz CT molecular complexity index is 767. The Morgan fingerprint density at radius 2 is 2.04 bits per heavy atom. The third kappa shape index (κ3) is 4.76. The van der Waals surface area contributed by atoms with Gasteiger partial charge in [-0.3, -0.25) is 14.3 Å². The molecule has 1 saturated heterocycles. The highest BCUT2D eigenvalue weighted by Gasteiger charge is 2.29. The highest BCUT2D eigenvalue weighted by atomic mass is 16.2. The standard InChI is InChI=1S/C19H29N7O2/c1-3-23(4-2)18(27)15-25-14-17(21-22-25)19(28)26-12-6-5-8-16(26)9-13-24-11-7-10-20-24/h7,10-11,14,16H,3-6,8-9,12-13,15H2,1-2H3/t16-/m0/s1. The van der Waals surface area contributed by atoms with E-state index in [4.69, 9.17) is 0 Å². The second-order valence-electron chi connectivity index (χ2n) is 7.07. The molecule has 0 spiro atoms. The fraction of sp³-hybridized carbons (Fsp3) is 0.632. The van der Waals surface area contributed by atoms with Crippen molar-refractivity contribution in [3.8, 4) is 0 Å². The van der Waals surface area contributed by atoms with Crippen LogP contribution in [0.3, 0.4) is 0 Å². The van der Waals surface area contributed by atoms with Crippen LogP contribution in [0, 0.1) is 0 Å². The molecule has 3 heterocycles. The maximum atomic E-state index is 13.0. The van der Waals surface area contributed by atoms with Gasteiger partial charge in [-0.1, -0.05) is 5.21 Å². The summed E-state index contributed by atoms with van der Waals surface area (Å²) in [5, 5.41) is 12.3. The molecule has 1 atom stereocenters. The molecule has 9 heteroatoms. The number of carbonyl (C=O) groups is 2. The molecule has 1 fully saturated rings. The van der Waals surface area contributed by atoms with Gasteiger partial charge in [0.05, 0.1) is 6.20 Å². The van der Waals surface area contributed by atoms with Crippen molar-refractivity contribution in [2.45, 2.75) is 58.7 Å². The number of nitrogens with zero attached hydrogens (tertiary/aromatic N) is 7. The maximum Gasteiger partial charge on any atom is 0.276 e. The summed E-state index contributed by atoms with van der Waals surface area (Å²) in [6.45, 7) is 6.81. The zero-order valence-corrected chi connectivity index (χ0v) is 16.7. The van der Waals surface area contributed by atoms with Gasteiger partial charge in [-0.25, -0.2) is 4.68 Å². The van der Waals surface area contributed by atoms with Gasteiger partial charge in [-0.2, -0.15) is 5.10 Å². The molecule has 1 aliphatic rings. The SMILES string of the molecule is CCN(CC)C(=O)Cn1cc(C(=O)N2CCCC[C@H]2CCn2cccn2)nn1. The predicted octanol–water partition coefficient (Wildman–Crippen LogP) is 1.43. The van der Waals surface area contributed by atoms with E-state index in [9.17, 15) is 9.59 Å². The minimum Gasteiger partial charge on any atom is -0.342 e. The van der Waals surface area contributed by atoms with Crippen LogP contribution in [0.2, 0.25) is 0 Å². The number of hydrogen-bond acceptors (Lipinski definition) is 5. The van der Waals surface area contributed by atoms with Gasteiger partial charge in [0.2, 0.25) is 5.91 Å². The van der Waals surface area contributed by atoms with Crippen molar-refractivity contribution in [2.24, 2.45) is 0 Å². The number of likely N-dealkylation sites (tertiary alicyclic amines) is 1. The van der Waals surface area contributed by atoms with Crippen LogP contribution in [0.5, 0.6) is 0 Å². The number of rotatable bonds is 8. The van der Waals surface area contributed by atoms with E-state index < -0.39 is 0 Å². The summed E-state index contributed by atoms with van der Waals surface area (Å²) in [6, 6.07) is 2.08. The van der Waals surface area contributed by atoms with Crippen molar-refractivity contribution in [2.75, 3.05) is 19.6 Å². The second-order valence-corrected chi connectivity index (χ2v) is 7.07. The van der Waals surface area contributed by atoms with Crippen molar-refractivity contribution >= 4 is 11.8 Å². The number of aromatic nitrogens is 5. The van der Waals surface area contributed by atoms with Crippen LogP contribution >= 0.6 is 0 Å². The van der Waals surface area contributed by atoms with Gasteiger partial charge in [0.25, 0.3) is 5.91 Å². The van der Waals surface area contributed by atoms with E-state index in [-0.39, 0.29) is 24.4 Å². The zero-order valence-electron chi connectivity index (χ0n) is 16.7. The van der Waals surface area contributed by atoms with Crippen molar-refractivity contribution < 1.29 is 9.59 Å². The highest BCUT2D eigenvalue weighted by molar-refractivity contribution is 5.92. The largest absolute Gasteiger partial charge is 0.342 e. The lowest BCUT2D eigenvalue weighted by Gasteiger charge is -2.35. The van der Waals surface area contributed by atoms with Crippen molar-refractivity contribution in [1.82, 2.24) is 34.6 Å². The van der Waals surface area contributed by atoms with Gasteiger partial charge in [-0.05, 0) is 45.6 Å². The van der Waals surface area contributed by atoms with Gasteiger partial charge < -0.3 is 9.80 Å². The molecule has 0 radical (unpaired) electrons. The van der Waals surface area contributed by atoms with E-state index in [1.165, 1.54) is 4.68 Å². The molecular weight excluding hydrogens is 358 g/mol. The quantitative estimate of drug-likeness (QED) is 0.684. The Balaban J connectivity index is 1.63. The fourth-order valence-corrected chi connectivity index (χ4v) is 3.72. The molecule has 9 nitrogen and oxygen atoms in total. The van der Waals surface area contributed by atoms with Crippen LogP contribution in [0.25, 0.3) is 0 Å². The minimum atomic E-state index is -0.105. The van der Waals surface area contributed by atoms with E-state index in [1.807, 2.05) is 35.7 Å². The average molecular weight is 387 g/mol. The summed E-state index contributed by atoms with van der Waals surface area (Å²) < 4.78 is 3.35. The smallest absolute Gasteiger partial charge is 0.276 e. The molecule has 1 aliphatic heterocycles. The van der Waals surface area contributed by atoms with Crippen molar-refractivity contribution in [3.63, 3.8) is 0 Å². The van der Waals surface area contributed by atoms with Gasteiger partial charge in [0, 0.05) is 44.6 Å². The lowest BCUT2D eigenvalue weighted by Crippen LogP contribution is -2.44. The molecule has 0 aromatic carbocycles. The van der Waals surface area contributed by atoms with Gasteiger partial charge in [0.15, 0.2) is 5.69 Å². The topological polar surface area (TPSA) is 89.2 Å². The molecule has 28 heavy (non-hydrogen) atoms. The molecule has 152 valence electrons. The van der Waals surface area contributed by atoms with Gasteiger partial charge in [-0.15, -0.1) is 5.10 Å². The summed E-state index contributed by atoms with van der Waals surface area (Å²) in [4.78, 5) is 28.9. The molecular formula is C19H29N7O2. The molecule has 0 unspecified atom stereocenters. The number of hydrogen-bond donors (Lipinski definition) is 0. The molecule has 3 rings (SSSR count). The van der Waals surface area contributed by atoms with E-state index in [0.717, 1.165) is 38.8 Å². The van der Waals surface area contributed by atoms with Crippen molar-refractivity contribution in [3.05, 3.63) is 30.4 Å². The number of likely N-dealkylation sites (N-methyl/N-ethyl adjacent to an activating group) is 1. The molecule has 2 aromatic rings. The average Bonchev–Trinajstić information content (AvgIpc) is 3.39. The molecule has 2 amide bonds. The predicted molar refractivity (Wildman–Crippen MR) is 103 cm³/mol. The number of piperidine rings is 1. The third-order valence-electron chi connectivity index (χ3n) is 5.31. The van der Waals surface area contributed by atoms with Crippen LogP contribution in [0.1, 0.15) is 50.0 Å². The van der Waals surface area contributed by atoms with E-state index in [1.54, 1.807) is 17.3 Å². The first-order valence-electron chi connectivity index (χ1n) is 10.1. The van der Waals surface area contributed by atoms with Gasteiger partial charge >= 0.3 is 0 Å². The molecule has 0 aliphatic carbocycles. The van der Waals surface area contributed by atoms with Crippen LogP contribution in [-0.4, -0.2) is 72.1 Å². The summed E-state index contributed by atoms with van der Waals surface area (Å²) in [6.07, 6.45) is 9.26. The van der Waals surface area contributed by atoms with E-state index in [0.29, 0.717) is 18.8 Å². The Hall–Kier alpha value is -2.71. The molecule has 0 saturated carbocycles. The Kier molecular flexibility index (Phi) is 6.78. The Morgan fingerprint density at radius 1 is 1.21 bits per heavy atom. The van der Waals surface area contributed by atoms with Crippen LogP contribution in [-0.2, 0) is 17.9 Å². The van der Waals surface area contributed by atoms with E-state index in [2.05, 4.69) is 15.4 Å². The number of aryl methyl sites for hydroxylation is 1. The van der Waals surface area contributed by atoms with Crippen molar-refractivity contribution in [1.29, 1.82) is 0 Å². The summed E-state index contributed by atoms with van der Waals surface area (Å²) in [5.41, 5.74) is 0.304. The number of amides is 2. The lowest BCUT2D eigenvalue weighted by molar-refractivity contribution is -0.131. The first-order chi connectivity index (χ1) is 13.6. The molecule has 0 bridgehead atoms. The summed E-state index contributed by atoms with van der Waals surface area (Å²) in [7, 11) is 0. The number of carbonyl (C=O) groups excluding carboxylic acids is 2. The zero-order chi connectivity index (χ0) is 19.9. The summed E-state index contributed by atoms with van der Waals surface area (Å²) >= 11 is 0. The normalized spacial score (nSPS) is 16.9. The second kappa shape index (κ2) is 9.48. The summed E-state index contributed by atoms with van der Waals surface area (Å²) in [5.74, 6) is -0.129. The third-order valence-corrected chi connectivity index (χ3v) is 5.31. The first-order valence-corrected chi connectivity index (χ1v) is 10.1.